The van der Waals surface area contributed by atoms with E-state index in [2.05, 4.69) is 6.58 Å². The number of hydrogen-bond acceptors (Lipinski definition) is 19. The van der Waals surface area contributed by atoms with Gasteiger partial charge in [0.15, 0.2) is 12.6 Å². The van der Waals surface area contributed by atoms with Gasteiger partial charge in [-0.3, -0.25) is 0 Å². The number of aldehydes is 1. The van der Waals surface area contributed by atoms with Gasteiger partial charge in [-0.25, -0.2) is 9.59 Å². The smallest absolute Gasteiger partial charge is 0.337 e. The van der Waals surface area contributed by atoms with Gasteiger partial charge in [0, 0.05) is 36.0 Å². The van der Waals surface area contributed by atoms with Crippen molar-refractivity contribution >= 4 is 18.2 Å². The van der Waals surface area contributed by atoms with E-state index in [0.717, 1.165) is 12.5 Å². The molecule has 1 saturated carbocycles. The van der Waals surface area contributed by atoms with Crippen molar-refractivity contribution in [2.45, 2.75) is 99.9 Å². The maximum atomic E-state index is 13.8. The van der Waals surface area contributed by atoms with Crippen LogP contribution in [0.1, 0.15) is 19.8 Å². The van der Waals surface area contributed by atoms with Crippen molar-refractivity contribution in [2.75, 3.05) is 20.3 Å². The van der Waals surface area contributed by atoms with Gasteiger partial charge in [-0.2, -0.15) is 0 Å². The molecule has 4 heterocycles. The van der Waals surface area contributed by atoms with Gasteiger partial charge in [0.2, 0.25) is 12.6 Å². The van der Waals surface area contributed by atoms with E-state index in [9.17, 15) is 55.2 Å². The average molecular weight is 747 g/mol. The van der Waals surface area contributed by atoms with Gasteiger partial charge in [0.1, 0.15) is 61.2 Å². The fourth-order valence-electron chi connectivity index (χ4n) is 7.45. The van der Waals surface area contributed by atoms with E-state index in [1.165, 1.54) is 13.2 Å². The van der Waals surface area contributed by atoms with E-state index in [1.807, 2.05) is 0 Å². The number of carbonyl (C=O) groups excluding carboxylic acids is 3. The summed E-state index contributed by atoms with van der Waals surface area (Å²) < 4.78 is 44.9. The highest BCUT2D eigenvalue weighted by atomic mass is 16.8. The summed E-state index contributed by atoms with van der Waals surface area (Å²) in [5.41, 5.74) is 0.0485. The van der Waals surface area contributed by atoms with Crippen LogP contribution in [-0.2, 0) is 52.3 Å². The third-order valence-electron chi connectivity index (χ3n) is 10.5. The van der Waals surface area contributed by atoms with Gasteiger partial charge < -0.3 is 83.5 Å². The highest BCUT2D eigenvalue weighted by Gasteiger charge is 2.55. The highest BCUT2D eigenvalue weighted by Crippen LogP contribution is 2.49. The molecule has 8 N–H and O–H groups in total. The van der Waals surface area contributed by atoms with Crippen molar-refractivity contribution in [3.8, 4) is 0 Å². The number of aliphatic hydroxyl groups excluding tert-OH is 8. The van der Waals surface area contributed by atoms with Crippen LogP contribution in [0.4, 0.5) is 0 Å². The molecule has 3 fully saturated rings. The third kappa shape index (κ3) is 7.63. The van der Waals surface area contributed by atoms with Crippen LogP contribution in [0.3, 0.4) is 0 Å². The Morgan fingerprint density at radius 3 is 1.87 bits per heavy atom. The monoisotopic (exact) mass is 746 g/mol. The van der Waals surface area contributed by atoms with E-state index in [-0.39, 0.29) is 24.0 Å². The van der Waals surface area contributed by atoms with Crippen molar-refractivity contribution in [2.24, 2.45) is 29.6 Å². The summed E-state index contributed by atoms with van der Waals surface area (Å²) >= 11 is 0. The van der Waals surface area contributed by atoms with Gasteiger partial charge in [-0.05, 0) is 6.42 Å². The Morgan fingerprint density at radius 1 is 0.808 bits per heavy atom. The summed E-state index contributed by atoms with van der Waals surface area (Å²) in [4.78, 5) is 38.3. The molecule has 18 atom stereocenters. The Kier molecular flexibility index (Phi) is 13.1. The Bertz CT molecular complexity index is 1350. The van der Waals surface area contributed by atoms with Crippen LogP contribution in [0.5, 0.6) is 0 Å². The zero-order valence-electron chi connectivity index (χ0n) is 28.3. The molecule has 1 aliphatic carbocycles. The molecular formula is C33H46O19. The van der Waals surface area contributed by atoms with Crippen molar-refractivity contribution in [3.05, 3.63) is 36.3 Å². The van der Waals surface area contributed by atoms with Gasteiger partial charge in [0.05, 0.1) is 44.0 Å². The summed E-state index contributed by atoms with van der Waals surface area (Å²) in [5.74, 6) is -5.39. The molecular weight excluding hydrogens is 700 g/mol. The van der Waals surface area contributed by atoms with Crippen molar-refractivity contribution < 1.29 is 93.1 Å². The lowest BCUT2D eigenvalue weighted by atomic mass is 9.82. The summed E-state index contributed by atoms with van der Waals surface area (Å²) in [6, 6.07) is 0. The van der Waals surface area contributed by atoms with Crippen LogP contribution in [0.2, 0.25) is 0 Å². The molecule has 19 nitrogen and oxygen atoms in total. The molecule has 0 aromatic heterocycles. The topological polar surface area (TPSA) is 287 Å². The summed E-state index contributed by atoms with van der Waals surface area (Å²) in [6.45, 7) is 4.09. The number of fused-ring (bicyclic) bond motifs is 1. The van der Waals surface area contributed by atoms with E-state index in [4.69, 9.17) is 37.9 Å². The van der Waals surface area contributed by atoms with E-state index < -0.39 is 135 Å². The van der Waals surface area contributed by atoms with E-state index in [1.54, 1.807) is 6.92 Å². The quantitative estimate of drug-likeness (QED) is 0.0545. The maximum absolute atomic E-state index is 13.8. The first-order chi connectivity index (χ1) is 24.8. The first kappa shape index (κ1) is 40.1. The number of carbonyl (C=O) groups is 3. The second-order valence-electron chi connectivity index (χ2n) is 13.4. The SMILES string of the molecule is C=CC1C(OC2OC(CO)C(O)C(O)C2O)OC=C(C(=O)OC2CC3C(C(=O)OC)=COC(OC4OC(CO)C(O)C(O)C4O)C3C2C)C1CC=O. The molecule has 0 bridgehead atoms. The summed E-state index contributed by atoms with van der Waals surface area (Å²) in [7, 11) is 1.18. The normalized spacial score (nSPS) is 44.6. The number of esters is 2. The average Bonchev–Trinajstić information content (AvgIpc) is 3.47. The molecule has 52 heavy (non-hydrogen) atoms. The van der Waals surface area contributed by atoms with Crippen LogP contribution in [-0.4, -0.2) is 159 Å². The second kappa shape index (κ2) is 17.0. The Hall–Kier alpha value is -3.05. The molecule has 0 amide bonds. The van der Waals surface area contributed by atoms with Crippen LogP contribution in [0.15, 0.2) is 36.3 Å². The van der Waals surface area contributed by atoms with Crippen molar-refractivity contribution in [3.63, 3.8) is 0 Å². The summed E-state index contributed by atoms with van der Waals surface area (Å²) in [5, 5.41) is 80.8. The number of hydrogen-bond donors (Lipinski definition) is 8. The maximum Gasteiger partial charge on any atom is 0.337 e. The van der Waals surface area contributed by atoms with E-state index >= 15 is 0 Å². The molecule has 5 rings (SSSR count). The Labute approximate surface area is 297 Å². The van der Waals surface area contributed by atoms with Gasteiger partial charge in [-0.1, -0.05) is 13.0 Å². The van der Waals surface area contributed by atoms with Crippen LogP contribution in [0.25, 0.3) is 0 Å². The van der Waals surface area contributed by atoms with Gasteiger partial charge in [-0.15, -0.1) is 6.58 Å². The first-order valence-electron chi connectivity index (χ1n) is 16.8. The molecule has 0 radical (unpaired) electrons. The summed E-state index contributed by atoms with van der Waals surface area (Å²) in [6.07, 6.45) is -15.4. The predicted molar refractivity (Wildman–Crippen MR) is 166 cm³/mol. The molecule has 2 saturated heterocycles. The molecule has 0 aromatic rings. The van der Waals surface area contributed by atoms with Crippen LogP contribution < -0.4 is 0 Å². The zero-order valence-corrected chi connectivity index (χ0v) is 28.3. The minimum Gasteiger partial charge on any atom is -0.472 e. The number of aliphatic hydroxyl groups is 8. The lowest BCUT2D eigenvalue weighted by molar-refractivity contribution is -0.342. The predicted octanol–water partition coefficient (Wildman–Crippen LogP) is -3.54. The molecule has 0 aromatic carbocycles. The lowest BCUT2D eigenvalue weighted by Gasteiger charge is -2.43. The van der Waals surface area contributed by atoms with E-state index in [0.29, 0.717) is 6.29 Å². The zero-order chi connectivity index (χ0) is 38.0. The third-order valence-corrected chi connectivity index (χ3v) is 10.5. The van der Waals surface area contributed by atoms with Crippen molar-refractivity contribution in [1.29, 1.82) is 0 Å². The Balaban J connectivity index is 1.34. The van der Waals surface area contributed by atoms with Crippen LogP contribution >= 0.6 is 0 Å². The number of ether oxygens (including phenoxy) is 8. The molecule has 292 valence electrons. The van der Waals surface area contributed by atoms with Crippen LogP contribution in [0, 0.1) is 29.6 Å². The minimum absolute atomic E-state index is 0.0678. The molecule has 0 spiro atoms. The molecule has 19 heteroatoms. The van der Waals surface area contributed by atoms with Gasteiger partial charge in [0.25, 0.3) is 0 Å². The first-order valence-corrected chi connectivity index (χ1v) is 16.8. The lowest BCUT2D eigenvalue weighted by Crippen LogP contribution is -2.60. The highest BCUT2D eigenvalue weighted by molar-refractivity contribution is 5.90. The fourth-order valence-corrected chi connectivity index (χ4v) is 7.45. The fraction of sp³-hybridized carbons (Fsp3) is 0.727. The minimum atomic E-state index is -1.75. The largest absolute Gasteiger partial charge is 0.472 e. The second-order valence-corrected chi connectivity index (χ2v) is 13.4. The Morgan fingerprint density at radius 2 is 1.35 bits per heavy atom. The molecule has 5 aliphatic rings. The molecule has 18 unspecified atom stereocenters. The van der Waals surface area contributed by atoms with Crippen molar-refractivity contribution in [1.82, 2.24) is 0 Å². The number of rotatable bonds is 12. The standard InChI is InChI=1S/C33H46O19/c1-4-13-14(5-6-34)16(10-46-30(13)51-32-26(41)24(39)22(37)19(8-35)49-32)29(44)48-18-7-15-17(28(43)45-3)11-47-31(21(15)12(18)2)52-33-27(42)25(40)23(38)20(9-36)50-33/h4,6,10-15,18-27,30-33,35-42H,1,5,7-9H2,2-3H3. The van der Waals surface area contributed by atoms with Gasteiger partial charge >= 0.3 is 11.9 Å². The number of methoxy groups -OCH3 is 1. The molecule has 4 aliphatic heterocycles.